The minimum absolute atomic E-state index is 0.208. The molecule has 0 aliphatic heterocycles. The molecule has 25 heavy (non-hydrogen) atoms. The minimum atomic E-state index is -0.476. The van der Waals surface area contributed by atoms with Gasteiger partial charge in [-0.1, -0.05) is 29.8 Å². The van der Waals surface area contributed by atoms with Crippen LogP contribution in [0.4, 0.5) is 5.69 Å². The van der Waals surface area contributed by atoms with E-state index in [-0.39, 0.29) is 6.61 Å². The second kappa shape index (κ2) is 9.76. The van der Waals surface area contributed by atoms with E-state index in [1.807, 2.05) is 37.3 Å². The van der Waals surface area contributed by atoms with Crippen LogP contribution >= 0.6 is 11.6 Å². The van der Waals surface area contributed by atoms with Crippen LogP contribution in [0.1, 0.15) is 12.5 Å². The van der Waals surface area contributed by atoms with Crippen molar-refractivity contribution >= 4 is 23.3 Å². The van der Waals surface area contributed by atoms with Crippen LogP contribution in [0.15, 0.2) is 42.5 Å². The summed E-state index contributed by atoms with van der Waals surface area (Å²) in [5, 5.41) is 0.505. The zero-order valence-electron chi connectivity index (χ0n) is 14.2. The van der Waals surface area contributed by atoms with Crippen molar-refractivity contribution in [2.45, 2.75) is 13.5 Å². The zero-order chi connectivity index (χ0) is 18.1. The van der Waals surface area contributed by atoms with Gasteiger partial charge in [0.05, 0.1) is 13.7 Å². The smallest absolute Gasteiger partial charge is 0.343 e. The summed E-state index contributed by atoms with van der Waals surface area (Å²) in [5.41, 5.74) is 7.97. The lowest BCUT2D eigenvalue weighted by Crippen LogP contribution is -2.21. The fourth-order valence-corrected chi connectivity index (χ4v) is 2.27. The van der Waals surface area contributed by atoms with Gasteiger partial charge in [-0.05, 0) is 30.7 Å². The summed E-state index contributed by atoms with van der Waals surface area (Å²) in [4.78, 5) is 11.2. The Bertz CT molecular complexity index is 695. The van der Waals surface area contributed by atoms with E-state index in [4.69, 9.17) is 21.1 Å². The van der Waals surface area contributed by atoms with Gasteiger partial charge in [-0.25, -0.2) is 10.2 Å². The Kier molecular flexibility index (Phi) is 7.37. The molecular formula is C18H21ClN2O4. The van der Waals surface area contributed by atoms with Crippen LogP contribution in [0.2, 0.25) is 5.02 Å². The van der Waals surface area contributed by atoms with Crippen LogP contribution < -0.4 is 20.3 Å². The van der Waals surface area contributed by atoms with Gasteiger partial charge < -0.3 is 19.6 Å². The van der Waals surface area contributed by atoms with E-state index in [0.29, 0.717) is 29.7 Å². The topological polar surface area (TPSA) is 68.8 Å². The lowest BCUT2D eigenvalue weighted by Gasteiger charge is -2.15. The number of hydrogen-bond acceptors (Lipinski definition) is 6. The summed E-state index contributed by atoms with van der Waals surface area (Å²) in [6, 6.07) is 13.2. The molecule has 0 radical (unpaired) electrons. The second-order valence-electron chi connectivity index (χ2n) is 5.03. The third-order valence-corrected chi connectivity index (χ3v) is 3.62. The second-order valence-corrected chi connectivity index (χ2v) is 5.44. The maximum Gasteiger partial charge on any atom is 0.343 e. The fraction of sp³-hybridized carbons (Fsp3) is 0.278. The van der Waals surface area contributed by atoms with E-state index < -0.39 is 5.97 Å². The molecule has 0 unspecified atom stereocenters. The lowest BCUT2D eigenvalue weighted by atomic mass is 10.2. The molecule has 0 saturated heterocycles. The number of hydrogen-bond donors (Lipinski definition) is 2. The first-order valence-corrected chi connectivity index (χ1v) is 8.20. The van der Waals surface area contributed by atoms with Crippen LogP contribution in [0.25, 0.3) is 0 Å². The predicted octanol–water partition coefficient (Wildman–Crippen LogP) is 3.41. The number of carbonyl (C=O) groups excluding carboxylic acids is 1. The number of hydrazine groups is 1. The molecule has 0 amide bonds. The van der Waals surface area contributed by atoms with Crippen molar-refractivity contribution in [3.63, 3.8) is 0 Å². The minimum Gasteiger partial charge on any atom is -0.490 e. The maximum atomic E-state index is 11.2. The van der Waals surface area contributed by atoms with Gasteiger partial charge in [0.2, 0.25) is 0 Å². The van der Waals surface area contributed by atoms with Gasteiger partial charge in [-0.15, -0.1) is 0 Å². The average molecular weight is 365 g/mol. The van der Waals surface area contributed by atoms with Gasteiger partial charge in [-0.3, -0.25) is 0 Å². The average Bonchev–Trinajstić information content (AvgIpc) is 2.63. The Morgan fingerprint density at radius 3 is 2.52 bits per heavy atom. The highest BCUT2D eigenvalue weighted by Crippen LogP contribution is 2.33. The maximum absolute atomic E-state index is 11.2. The Labute approximate surface area is 152 Å². The first kappa shape index (κ1) is 18.9. The summed E-state index contributed by atoms with van der Waals surface area (Å²) in [7, 11) is 1.30. The number of para-hydroxylation sites is 1. The van der Waals surface area contributed by atoms with Crippen molar-refractivity contribution < 1.29 is 19.0 Å². The number of anilines is 1. The summed E-state index contributed by atoms with van der Waals surface area (Å²) in [6.45, 7) is 2.60. The molecule has 0 aliphatic rings. The number of rotatable bonds is 9. The Hall–Kier alpha value is -2.44. The van der Waals surface area contributed by atoms with Crippen molar-refractivity contribution in [2.75, 3.05) is 25.7 Å². The van der Waals surface area contributed by atoms with Crippen LogP contribution in [-0.4, -0.2) is 26.3 Å². The zero-order valence-corrected chi connectivity index (χ0v) is 14.9. The quantitative estimate of drug-likeness (QED) is 0.525. The van der Waals surface area contributed by atoms with Crippen molar-refractivity contribution in [3.8, 4) is 11.5 Å². The molecular weight excluding hydrogens is 344 g/mol. The molecule has 2 aromatic carbocycles. The number of esters is 1. The molecule has 0 spiro atoms. The molecule has 2 aromatic rings. The largest absolute Gasteiger partial charge is 0.490 e. The molecule has 0 aromatic heterocycles. The molecule has 134 valence electrons. The van der Waals surface area contributed by atoms with Crippen LogP contribution in [0.5, 0.6) is 11.5 Å². The number of methoxy groups -OCH3 is 1. The number of nitrogens with one attached hydrogen (secondary N) is 2. The Morgan fingerprint density at radius 1 is 1.12 bits per heavy atom. The van der Waals surface area contributed by atoms with Crippen molar-refractivity contribution in [1.29, 1.82) is 0 Å². The van der Waals surface area contributed by atoms with E-state index in [1.165, 1.54) is 7.11 Å². The van der Waals surface area contributed by atoms with Gasteiger partial charge in [0, 0.05) is 23.3 Å². The third-order valence-electron chi connectivity index (χ3n) is 3.27. The highest BCUT2D eigenvalue weighted by Gasteiger charge is 2.13. The van der Waals surface area contributed by atoms with Crippen LogP contribution in [-0.2, 0) is 16.1 Å². The molecule has 0 atom stereocenters. The van der Waals surface area contributed by atoms with Crippen molar-refractivity contribution in [3.05, 3.63) is 53.1 Å². The number of ether oxygens (including phenoxy) is 3. The first-order chi connectivity index (χ1) is 12.1. The molecule has 2 N–H and O–H groups in total. The molecule has 6 nitrogen and oxygen atoms in total. The van der Waals surface area contributed by atoms with E-state index in [9.17, 15) is 4.79 Å². The highest BCUT2D eigenvalue weighted by molar-refractivity contribution is 6.31. The molecule has 2 rings (SSSR count). The van der Waals surface area contributed by atoms with E-state index in [1.54, 1.807) is 12.1 Å². The van der Waals surface area contributed by atoms with Gasteiger partial charge in [0.15, 0.2) is 18.1 Å². The lowest BCUT2D eigenvalue weighted by molar-refractivity contribution is -0.142. The highest BCUT2D eigenvalue weighted by atomic mass is 35.5. The standard InChI is InChI=1S/C18H21ClN2O4/c1-3-24-16-9-13(11-20-21-14-7-5-4-6-8-14)15(19)10-17(16)25-12-18(22)23-2/h4-10,20-21H,3,11-12H2,1-2H3. The molecule has 7 heteroatoms. The predicted molar refractivity (Wildman–Crippen MR) is 97.0 cm³/mol. The van der Waals surface area contributed by atoms with Gasteiger partial charge in [0.1, 0.15) is 0 Å². The molecule has 0 heterocycles. The Balaban J connectivity index is 2.05. The number of benzene rings is 2. The molecule has 0 aliphatic carbocycles. The van der Waals surface area contributed by atoms with Crippen molar-refractivity contribution in [2.24, 2.45) is 0 Å². The third kappa shape index (κ3) is 5.85. The van der Waals surface area contributed by atoms with Gasteiger partial charge in [0.25, 0.3) is 0 Å². The van der Waals surface area contributed by atoms with Gasteiger partial charge in [-0.2, -0.15) is 0 Å². The van der Waals surface area contributed by atoms with Crippen LogP contribution in [0.3, 0.4) is 0 Å². The van der Waals surface area contributed by atoms with E-state index in [2.05, 4.69) is 15.6 Å². The van der Waals surface area contributed by atoms with E-state index >= 15 is 0 Å². The number of halogens is 1. The monoisotopic (exact) mass is 364 g/mol. The molecule has 0 saturated carbocycles. The first-order valence-electron chi connectivity index (χ1n) is 7.82. The summed E-state index contributed by atoms with van der Waals surface area (Å²) in [5.74, 6) is 0.445. The molecule has 0 fully saturated rings. The van der Waals surface area contributed by atoms with Gasteiger partial charge >= 0.3 is 5.97 Å². The van der Waals surface area contributed by atoms with Crippen molar-refractivity contribution in [1.82, 2.24) is 5.43 Å². The number of carbonyl (C=O) groups is 1. The SMILES string of the molecule is CCOc1cc(CNNc2ccccc2)c(Cl)cc1OCC(=O)OC. The van der Waals surface area contributed by atoms with Crippen LogP contribution in [0, 0.1) is 0 Å². The normalized spacial score (nSPS) is 10.2. The summed E-state index contributed by atoms with van der Waals surface area (Å²) < 4.78 is 15.6. The van der Waals surface area contributed by atoms with E-state index in [0.717, 1.165) is 11.3 Å². The summed E-state index contributed by atoms with van der Waals surface area (Å²) >= 11 is 6.31. The molecule has 0 bridgehead atoms. The fourth-order valence-electron chi connectivity index (χ4n) is 2.05. The summed E-state index contributed by atoms with van der Waals surface area (Å²) in [6.07, 6.45) is 0. The Morgan fingerprint density at radius 2 is 1.84 bits per heavy atom.